The van der Waals surface area contributed by atoms with Gasteiger partial charge < -0.3 is 30.6 Å². The Balaban J connectivity index is 2.44. The third kappa shape index (κ3) is 4.91. The lowest BCUT2D eigenvalue weighted by Crippen LogP contribution is -2.16. The molecule has 4 aromatic rings. The van der Waals surface area contributed by atoms with Gasteiger partial charge in [-0.25, -0.2) is 28.8 Å². The van der Waals surface area contributed by atoms with Crippen molar-refractivity contribution in [3.8, 4) is 33.4 Å². The molecule has 0 aliphatic carbocycles. The molecule has 210 valence electrons. The maximum Gasteiger partial charge on any atom is 0.337 e. The van der Waals surface area contributed by atoms with Gasteiger partial charge in [0.2, 0.25) is 0 Å². The van der Waals surface area contributed by atoms with Crippen molar-refractivity contribution in [1.29, 1.82) is 0 Å². The lowest BCUT2D eigenvalue weighted by atomic mass is 9.79. The maximum absolute atomic E-state index is 12.7. The van der Waals surface area contributed by atoms with Crippen LogP contribution >= 0.6 is 0 Å². The highest BCUT2D eigenvalue weighted by Crippen LogP contribution is 2.46. The second-order valence-corrected chi connectivity index (χ2v) is 8.75. The number of aromatic carboxylic acids is 6. The van der Waals surface area contributed by atoms with E-state index < -0.39 is 80.3 Å². The Morgan fingerprint density at radius 1 is 0.381 bits per heavy atom. The van der Waals surface area contributed by atoms with Gasteiger partial charge >= 0.3 is 35.8 Å². The van der Waals surface area contributed by atoms with Gasteiger partial charge in [-0.2, -0.15) is 0 Å². The van der Waals surface area contributed by atoms with Crippen LogP contribution in [0.5, 0.6) is 0 Å². The van der Waals surface area contributed by atoms with Crippen LogP contribution in [0, 0.1) is 0 Å². The van der Waals surface area contributed by atoms with Crippen LogP contribution in [0.25, 0.3) is 33.4 Å². The standard InChI is InChI=1S/C30H18O12/c31-25(32)16-10-4-8-14(21(16)28(37)38)20-18(13-6-2-1-3-7-13)12-19(27(35)36)24(30(41)42)23(20)15-9-5-11-17(26(33)34)22(15)29(39)40/h1-12H,(H,31,32)(H,33,34)(H,35,36)(H,37,38)(H,39,40)(H,41,42). The van der Waals surface area contributed by atoms with Gasteiger partial charge in [0.25, 0.3) is 0 Å². The Morgan fingerprint density at radius 3 is 1.21 bits per heavy atom. The number of carbonyl (C=O) groups is 6. The van der Waals surface area contributed by atoms with E-state index in [9.17, 15) is 59.4 Å². The van der Waals surface area contributed by atoms with Crippen LogP contribution in [0.4, 0.5) is 0 Å². The molecule has 6 N–H and O–H groups in total. The molecular formula is C30H18O12. The average Bonchev–Trinajstić information content (AvgIpc) is 2.95. The molecule has 12 heteroatoms. The zero-order valence-electron chi connectivity index (χ0n) is 21.1. The predicted octanol–water partition coefficient (Wildman–Crippen LogP) is 4.88. The third-order valence-electron chi connectivity index (χ3n) is 6.41. The Bertz CT molecular complexity index is 1840. The van der Waals surface area contributed by atoms with Crippen molar-refractivity contribution in [3.63, 3.8) is 0 Å². The van der Waals surface area contributed by atoms with E-state index in [2.05, 4.69) is 0 Å². The number of carboxylic acid groups (broad SMARTS) is 6. The van der Waals surface area contributed by atoms with Crippen LogP contribution in [0.2, 0.25) is 0 Å². The minimum Gasteiger partial charge on any atom is -0.478 e. The highest BCUT2D eigenvalue weighted by atomic mass is 16.4. The van der Waals surface area contributed by atoms with Gasteiger partial charge in [-0.05, 0) is 46.0 Å². The lowest BCUT2D eigenvalue weighted by molar-refractivity contribution is 0.0650. The number of carboxylic acids is 6. The molecule has 12 nitrogen and oxygen atoms in total. The predicted molar refractivity (Wildman–Crippen MR) is 145 cm³/mol. The highest BCUT2D eigenvalue weighted by molar-refractivity contribution is 6.18. The Morgan fingerprint density at radius 2 is 0.810 bits per heavy atom. The summed E-state index contributed by atoms with van der Waals surface area (Å²) in [6.45, 7) is 0. The van der Waals surface area contributed by atoms with E-state index in [1.54, 1.807) is 18.2 Å². The second-order valence-electron chi connectivity index (χ2n) is 8.75. The zero-order valence-corrected chi connectivity index (χ0v) is 21.1. The van der Waals surface area contributed by atoms with Gasteiger partial charge in [-0.1, -0.05) is 54.6 Å². The Hall–Kier alpha value is -6.30. The summed E-state index contributed by atoms with van der Waals surface area (Å²) in [5.41, 5.74) is -6.70. The molecule has 0 aliphatic rings. The van der Waals surface area contributed by atoms with E-state index >= 15 is 0 Å². The van der Waals surface area contributed by atoms with Crippen LogP contribution < -0.4 is 0 Å². The molecule has 0 aromatic heterocycles. The molecule has 0 saturated heterocycles. The zero-order chi connectivity index (χ0) is 30.9. The van der Waals surface area contributed by atoms with E-state index in [-0.39, 0.29) is 22.3 Å². The van der Waals surface area contributed by atoms with E-state index in [4.69, 9.17) is 0 Å². The summed E-state index contributed by atoms with van der Waals surface area (Å²) in [6, 6.07) is 15.1. The van der Waals surface area contributed by atoms with Gasteiger partial charge in [-0.15, -0.1) is 0 Å². The summed E-state index contributed by atoms with van der Waals surface area (Å²) < 4.78 is 0. The quantitative estimate of drug-likeness (QED) is 0.158. The summed E-state index contributed by atoms with van der Waals surface area (Å²) >= 11 is 0. The summed E-state index contributed by atoms with van der Waals surface area (Å²) in [7, 11) is 0. The highest BCUT2D eigenvalue weighted by Gasteiger charge is 2.34. The van der Waals surface area contributed by atoms with Gasteiger partial charge in [0.1, 0.15) is 0 Å². The monoisotopic (exact) mass is 570 g/mol. The van der Waals surface area contributed by atoms with Crippen LogP contribution in [-0.2, 0) is 0 Å². The molecule has 42 heavy (non-hydrogen) atoms. The molecule has 0 bridgehead atoms. The Kier molecular flexibility index (Phi) is 7.56. The van der Waals surface area contributed by atoms with E-state index in [1.807, 2.05) is 0 Å². The van der Waals surface area contributed by atoms with E-state index in [0.29, 0.717) is 0 Å². The first-order chi connectivity index (χ1) is 19.9. The van der Waals surface area contributed by atoms with Crippen molar-refractivity contribution in [3.05, 3.63) is 106 Å². The number of hydrogen-bond acceptors (Lipinski definition) is 6. The van der Waals surface area contributed by atoms with Crippen molar-refractivity contribution >= 4 is 35.8 Å². The molecule has 0 radical (unpaired) electrons. The normalized spacial score (nSPS) is 10.6. The van der Waals surface area contributed by atoms with Crippen LogP contribution in [0.1, 0.15) is 62.1 Å². The minimum absolute atomic E-state index is 0.0879. The van der Waals surface area contributed by atoms with Crippen LogP contribution in [0.15, 0.2) is 72.8 Å². The first kappa shape index (κ1) is 28.7. The lowest BCUT2D eigenvalue weighted by Gasteiger charge is -2.23. The van der Waals surface area contributed by atoms with E-state index in [1.165, 1.54) is 18.2 Å². The molecule has 0 aliphatic heterocycles. The largest absolute Gasteiger partial charge is 0.478 e. The van der Waals surface area contributed by atoms with Gasteiger partial charge in [0.15, 0.2) is 0 Å². The maximum atomic E-state index is 12.7. The Labute approximate surface area is 235 Å². The fourth-order valence-corrected chi connectivity index (χ4v) is 4.81. The molecule has 0 amide bonds. The van der Waals surface area contributed by atoms with Crippen molar-refractivity contribution in [2.45, 2.75) is 0 Å². The van der Waals surface area contributed by atoms with Crippen molar-refractivity contribution in [2.75, 3.05) is 0 Å². The molecule has 0 unspecified atom stereocenters. The summed E-state index contributed by atoms with van der Waals surface area (Å²) in [5, 5.41) is 60.0. The van der Waals surface area contributed by atoms with Gasteiger partial charge in [-0.3, -0.25) is 0 Å². The molecular weight excluding hydrogens is 552 g/mol. The van der Waals surface area contributed by atoms with E-state index in [0.717, 1.165) is 36.4 Å². The average molecular weight is 570 g/mol. The second kappa shape index (κ2) is 11.1. The van der Waals surface area contributed by atoms with Crippen molar-refractivity contribution in [1.82, 2.24) is 0 Å². The minimum atomic E-state index is -1.86. The van der Waals surface area contributed by atoms with Gasteiger partial charge in [0, 0.05) is 5.56 Å². The topological polar surface area (TPSA) is 224 Å². The fourth-order valence-electron chi connectivity index (χ4n) is 4.81. The smallest absolute Gasteiger partial charge is 0.337 e. The molecule has 4 aromatic carbocycles. The molecule has 0 saturated carbocycles. The number of hydrogen-bond donors (Lipinski definition) is 6. The van der Waals surface area contributed by atoms with Crippen molar-refractivity contribution in [2.24, 2.45) is 0 Å². The third-order valence-corrected chi connectivity index (χ3v) is 6.41. The molecule has 4 rings (SSSR count). The SMILES string of the molecule is O=C(O)c1cccc(-c2c(-c3ccccc3)cc(C(=O)O)c(C(=O)O)c2-c2cccc(C(=O)O)c2C(=O)O)c1C(=O)O. The fraction of sp³-hybridized carbons (Fsp3) is 0. The first-order valence-electron chi connectivity index (χ1n) is 11.8. The summed E-state index contributed by atoms with van der Waals surface area (Å²) in [6.07, 6.45) is 0. The van der Waals surface area contributed by atoms with Gasteiger partial charge in [0.05, 0.1) is 33.4 Å². The summed E-state index contributed by atoms with van der Waals surface area (Å²) in [5.74, 6) is -10.5. The molecule has 0 spiro atoms. The molecule has 0 heterocycles. The molecule has 0 fully saturated rings. The molecule has 0 atom stereocenters. The summed E-state index contributed by atoms with van der Waals surface area (Å²) in [4.78, 5) is 74.1. The first-order valence-corrected chi connectivity index (χ1v) is 11.8. The number of rotatable bonds is 9. The van der Waals surface area contributed by atoms with Crippen LogP contribution in [-0.4, -0.2) is 66.5 Å². The van der Waals surface area contributed by atoms with Crippen LogP contribution in [0.3, 0.4) is 0 Å². The number of benzene rings is 4. The van der Waals surface area contributed by atoms with Crippen molar-refractivity contribution < 1.29 is 59.4 Å².